The van der Waals surface area contributed by atoms with Crippen LogP contribution >= 0.6 is 43.2 Å². The average Bonchev–Trinajstić information content (AvgIpc) is 2.79. The van der Waals surface area contributed by atoms with E-state index in [0.29, 0.717) is 14.3 Å². The van der Waals surface area contributed by atoms with Crippen LogP contribution in [-0.4, -0.2) is 21.0 Å². The van der Waals surface area contributed by atoms with Crippen LogP contribution in [0.5, 0.6) is 5.75 Å². The van der Waals surface area contributed by atoms with Gasteiger partial charge in [0.2, 0.25) is 0 Å². The number of benzene rings is 1. The zero-order chi connectivity index (χ0) is 16.7. The molecule has 2 heterocycles. The lowest BCUT2D eigenvalue weighted by molar-refractivity contribution is 0.468. The van der Waals surface area contributed by atoms with Gasteiger partial charge in [0.05, 0.1) is 20.5 Å². The fourth-order valence-corrected chi connectivity index (χ4v) is 4.31. The molecule has 2 aromatic heterocycles. The molecular weight excluding hydrogens is 446 g/mol. The van der Waals surface area contributed by atoms with Crippen molar-refractivity contribution in [1.29, 1.82) is 0 Å². The minimum atomic E-state index is -0.190. The minimum Gasteiger partial charge on any atom is -0.506 e. The number of nitrogens with zero attached hydrogens (tertiary/aromatic N) is 3. The molecule has 3 rings (SSSR count). The van der Waals surface area contributed by atoms with E-state index < -0.39 is 0 Å². The van der Waals surface area contributed by atoms with Gasteiger partial charge in [-0.25, -0.2) is 4.98 Å². The van der Waals surface area contributed by atoms with Gasteiger partial charge in [-0.2, -0.15) is 9.78 Å². The Hall–Kier alpha value is -1.51. The smallest absolute Gasteiger partial charge is 0.282 e. The summed E-state index contributed by atoms with van der Waals surface area (Å²) in [6.07, 6.45) is 2.96. The quantitative estimate of drug-likeness (QED) is 0.588. The zero-order valence-corrected chi connectivity index (χ0v) is 16.2. The fraction of sp³-hybridized carbons (Fsp3) is 0.133. The minimum absolute atomic E-state index is 0.117. The molecule has 0 saturated heterocycles. The highest BCUT2D eigenvalue weighted by Crippen LogP contribution is 2.32. The van der Waals surface area contributed by atoms with Crippen molar-refractivity contribution in [3.63, 3.8) is 0 Å². The van der Waals surface area contributed by atoms with Gasteiger partial charge < -0.3 is 5.11 Å². The lowest BCUT2D eigenvalue weighted by Gasteiger charge is -2.02. The lowest BCUT2D eigenvalue weighted by atomic mass is 10.2. The molecule has 0 atom stereocenters. The largest absolute Gasteiger partial charge is 0.506 e. The van der Waals surface area contributed by atoms with Crippen LogP contribution in [0.2, 0.25) is 0 Å². The predicted octanol–water partition coefficient (Wildman–Crippen LogP) is 4.19. The van der Waals surface area contributed by atoms with Gasteiger partial charge in [-0.3, -0.25) is 4.79 Å². The standard InChI is InChI=1S/C15H11Br2N3O2S/c1-7-8(2)23-14-12(7)15(22)20(6-18-14)19-5-9-3-10(16)13(21)11(17)4-9/h3-6,21H,1-2H3/b19-5+. The number of aromatic nitrogens is 2. The number of aryl methyl sites for hydroxylation is 2. The summed E-state index contributed by atoms with van der Waals surface area (Å²) in [5.74, 6) is 0.117. The van der Waals surface area contributed by atoms with Crippen molar-refractivity contribution in [3.8, 4) is 5.75 Å². The van der Waals surface area contributed by atoms with Gasteiger partial charge in [-0.05, 0) is 69.0 Å². The monoisotopic (exact) mass is 455 g/mol. The molecule has 0 unspecified atom stereocenters. The molecule has 0 aliphatic rings. The third-order valence-corrected chi connectivity index (χ3v) is 5.77. The molecule has 8 heteroatoms. The zero-order valence-electron chi connectivity index (χ0n) is 12.2. The Morgan fingerprint density at radius 3 is 2.61 bits per heavy atom. The summed E-state index contributed by atoms with van der Waals surface area (Å²) in [5.41, 5.74) is 1.49. The van der Waals surface area contributed by atoms with Crippen molar-refractivity contribution < 1.29 is 5.11 Å². The lowest BCUT2D eigenvalue weighted by Crippen LogP contribution is -2.16. The first-order valence-electron chi connectivity index (χ1n) is 6.58. The molecule has 0 saturated carbocycles. The SMILES string of the molecule is Cc1sc2ncn(/N=C/c3cc(Br)c(O)c(Br)c3)c(=O)c2c1C. The van der Waals surface area contributed by atoms with E-state index in [1.807, 2.05) is 13.8 Å². The van der Waals surface area contributed by atoms with E-state index in [1.54, 1.807) is 18.3 Å². The van der Waals surface area contributed by atoms with E-state index >= 15 is 0 Å². The molecule has 0 aliphatic carbocycles. The number of fused-ring (bicyclic) bond motifs is 1. The molecule has 0 bridgehead atoms. The third-order valence-electron chi connectivity index (χ3n) is 3.44. The van der Waals surface area contributed by atoms with Gasteiger partial charge >= 0.3 is 0 Å². The van der Waals surface area contributed by atoms with Crippen LogP contribution < -0.4 is 5.56 Å². The number of rotatable bonds is 2. The number of hydrogen-bond donors (Lipinski definition) is 1. The van der Waals surface area contributed by atoms with E-state index in [9.17, 15) is 9.90 Å². The normalized spacial score (nSPS) is 11.7. The van der Waals surface area contributed by atoms with Crippen molar-refractivity contribution >= 4 is 59.6 Å². The molecule has 5 nitrogen and oxygen atoms in total. The second-order valence-electron chi connectivity index (χ2n) is 4.94. The van der Waals surface area contributed by atoms with Crippen LogP contribution in [0.15, 0.2) is 37.3 Å². The maximum absolute atomic E-state index is 12.5. The average molecular weight is 457 g/mol. The highest BCUT2D eigenvalue weighted by atomic mass is 79.9. The van der Waals surface area contributed by atoms with E-state index in [1.165, 1.54) is 22.3 Å². The Balaban J connectivity index is 2.07. The first kappa shape index (κ1) is 16.4. The highest BCUT2D eigenvalue weighted by molar-refractivity contribution is 9.11. The van der Waals surface area contributed by atoms with Crippen LogP contribution in [0.1, 0.15) is 16.0 Å². The topological polar surface area (TPSA) is 67.5 Å². The van der Waals surface area contributed by atoms with Crippen LogP contribution in [0, 0.1) is 13.8 Å². The summed E-state index contributed by atoms with van der Waals surface area (Å²) in [4.78, 5) is 18.6. The van der Waals surface area contributed by atoms with Crippen molar-refractivity contribution in [3.05, 3.63) is 53.8 Å². The Labute approximate surface area is 152 Å². The number of phenolic OH excluding ortho intramolecular Hbond substituents is 1. The van der Waals surface area contributed by atoms with E-state index in [4.69, 9.17) is 0 Å². The Morgan fingerprint density at radius 1 is 1.30 bits per heavy atom. The van der Waals surface area contributed by atoms with Crippen molar-refractivity contribution in [2.75, 3.05) is 0 Å². The highest BCUT2D eigenvalue weighted by Gasteiger charge is 2.11. The predicted molar refractivity (Wildman–Crippen MR) is 99.9 cm³/mol. The van der Waals surface area contributed by atoms with Crippen LogP contribution in [-0.2, 0) is 0 Å². The Morgan fingerprint density at radius 2 is 1.96 bits per heavy atom. The fourth-order valence-electron chi connectivity index (χ4n) is 2.10. The Bertz CT molecular complexity index is 985. The number of aromatic hydroxyl groups is 1. The summed E-state index contributed by atoms with van der Waals surface area (Å²) in [6.45, 7) is 3.89. The summed E-state index contributed by atoms with van der Waals surface area (Å²) >= 11 is 8.03. The number of halogens is 2. The second kappa shape index (κ2) is 6.18. The molecule has 0 spiro atoms. The molecule has 3 aromatic rings. The van der Waals surface area contributed by atoms with Crippen molar-refractivity contribution in [1.82, 2.24) is 9.66 Å². The molecule has 0 radical (unpaired) electrons. The first-order valence-corrected chi connectivity index (χ1v) is 8.98. The van der Waals surface area contributed by atoms with Crippen LogP contribution in [0.25, 0.3) is 10.2 Å². The van der Waals surface area contributed by atoms with Gasteiger partial charge in [0.15, 0.2) is 0 Å². The maximum atomic E-state index is 12.5. The number of hydrogen-bond acceptors (Lipinski definition) is 5. The summed E-state index contributed by atoms with van der Waals surface area (Å²) in [6, 6.07) is 3.42. The molecule has 0 fully saturated rings. The molecule has 0 amide bonds. The third kappa shape index (κ3) is 2.98. The molecule has 1 aromatic carbocycles. The van der Waals surface area contributed by atoms with Gasteiger partial charge in [0.25, 0.3) is 5.56 Å². The van der Waals surface area contributed by atoms with Crippen molar-refractivity contribution in [2.24, 2.45) is 5.10 Å². The second-order valence-corrected chi connectivity index (χ2v) is 7.85. The van der Waals surface area contributed by atoms with E-state index in [0.717, 1.165) is 20.8 Å². The van der Waals surface area contributed by atoms with Crippen LogP contribution in [0.3, 0.4) is 0 Å². The van der Waals surface area contributed by atoms with Gasteiger partial charge in [-0.15, -0.1) is 11.3 Å². The van der Waals surface area contributed by atoms with Gasteiger partial charge in [0, 0.05) is 4.88 Å². The van der Waals surface area contributed by atoms with Gasteiger partial charge in [-0.1, -0.05) is 0 Å². The number of phenols is 1. The molecule has 0 aliphatic heterocycles. The van der Waals surface area contributed by atoms with Crippen LogP contribution in [0.4, 0.5) is 0 Å². The number of thiophene rings is 1. The van der Waals surface area contributed by atoms with E-state index in [2.05, 4.69) is 41.9 Å². The Kier molecular flexibility index (Phi) is 4.39. The summed E-state index contributed by atoms with van der Waals surface area (Å²) in [7, 11) is 0. The van der Waals surface area contributed by atoms with E-state index in [-0.39, 0.29) is 11.3 Å². The maximum Gasteiger partial charge on any atom is 0.282 e. The summed E-state index contributed by atoms with van der Waals surface area (Å²) < 4.78 is 2.30. The first-order chi connectivity index (χ1) is 10.9. The van der Waals surface area contributed by atoms with Gasteiger partial charge in [0.1, 0.15) is 16.9 Å². The summed E-state index contributed by atoms with van der Waals surface area (Å²) in [5, 5.41) is 14.5. The molecule has 1 N–H and O–H groups in total. The molecular formula is C15H11Br2N3O2S. The molecule has 118 valence electrons. The van der Waals surface area contributed by atoms with Crippen molar-refractivity contribution in [2.45, 2.75) is 13.8 Å². The molecule has 23 heavy (non-hydrogen) atoms.